The van der Waals surface area contributed by atoms with Gasteiger partial charge in [-0.15, -0.1) is 18.3 Å². The number of amides is 1. The highest BCUT2D eigenvalue weighted by Gasteiger charge is 2.31. The van der Waals surface area contributed by atoms with Gasteiger partial charge < -0.3 is 14.8 Å². The summed E-state index contributed by atoms with van der Waals surface area (Å²) < 4.78 is 61.0. The minimum Gasteiger partial charge on any atom is -0.456 e. The maximum Gasteiger partial charge on any atom is 0.573 e. The summed E-state index contributed by atoms with van der Waals surface area (Å²) in [5, 5.41) is 4.68. The number of carbonyl (C=O) groups excluding carboxylic acids is 1. The quantitative estimate of drug-likeness (QED) is 0.400. The second-order valence-corrected chi connectivity index (χ2v) is 6.53. The van der Waals surface area contributed by atoms with Gasteiger partial charge in [0.1, 0.15) is 22.8 Å². The van der Waals surface area contributed by atoms with Gasteiger partial charge in [-0.2, -0.15) is 0 Å². The number of halogens is 5. The molecule has 3 rings (SSSR count). The molecule has 0 aliphatic carbocycles. The lowest BCUT2D eigenvalue weighted by molar-refractivity contribution is -0.564. The Kier molecular flexibility index (Phi) is 6.06. The van der Waals surface area contributed by atoms with E-state index in [1.165, 1.54) is 36.5 Å². The molecule has 0 aliphatic rings. The van der Waals surface area contributed by atoms with Gasteiger partial charge in [-0.3, -0.25) is 4.79 Å². The van der Waals surface area contributed by atoms with Crippen molar-refractivity contribution >= 4 is 27.5 Å². The number of hydrogen-bond donors (Lipinski definition) is 2. The molecule has 0 saturated carbocycles. The van der Waals surface area contributed by atoms with Crippen LogP contribution in [0.2, 0.25) is 0 Å². The molecular formula is C18H11BrF4N3O4+. The maximum atomic E-state index is 14.6. The topological polar surface area (TPSA) is 86.3 Å². The first-order chi connectivity index (χ1) is 14.1. The molecule has 3 aromatic rings. The van der Waals surface area contributed by atoms with Gasteiger partial charge in [0.25, 0.3) is 12.1 Å². The zero-order valence-electron chi connectivity index (χ0n) is 14.7. The third kappa shape index (κ3) is 5.35. The number of anilines is 1. The van der Waals surface area contributed by atoms with Crippen molar-refractivity contribution in [2.75, 3.05) is 5.32 Å². The van der Waals surface area contributed by atoms with Crippen LogP contribution in [0, 0.1) is 10.7 Å². The molecule has 1 amide bonds. The summed E-state index contributed by atoms with van der Waals surface area (Å²) in [6, 6.07) is 8.26. The Morgan fingerprint density at radius 3 is 2.33 bits per heavy atom. The lowest BCUT2D eigenvalue weighted by atomic mass is 10.1. The molecule has 0 atom stereocenters. The Balaban J connectivity index is 1.86. The number of nitrogens with zero attached hydrogens (tertiary/aromatic N) is 1. The molecule has 0 saturated heterocycles. The molecule has 2 aromatic carbocycles. The van der Waals surface area contributed by atoms with Crippen LogP contribution in [-0.2, 0) is 0 Å². The molecule has 0 aliphatic heterocycles. The number of nitrogens with one attached hydrogen (secondary N) is 2. The van der Waals surface area contributed by atoms with Crippen LogP contribution >= 0.6 is 15.9 Å². The van der Waals surface area contributed by atoms with Crippen LogP contribution in [0.1, 0.15) is 10.4 Å². The Morgan fingerprint density at radius 1 is 1.07 bits per heavy atom. The van der Waals surface area contributed by atoms with Crippen molar-refractivity contribution in [1.82, 2.24) is 5.10 Å². The van der Waals surface area contributed by atoms with E-state index >= 15 is 0 Å². The number of rotatable bonds is 5. The Hall–Kier alpha value is -3.41. The van der Waals surface area contributed by atoms with Crippen LogP contribution in [0.4, 0.5) is 23.2 Å². The van der Waals surface area contributed by atoms with Gasteiger partial charge in [0.05, 0.1) is 21.3 Å². The summed E-state index contributed by atoms with van der Waals surface area (Å²) in [6.45, 7) is 0. The first-order valence-corrected chi connectivity index (χ1v) is 8.85. The van der Waals surface area contributed by atoms with E-state index in [2.05, 4.69) is 31.1 Å². The second kappa shape index (κ2) is 8.53. The lowest BCUT2D eigenvalue weighted by Crippen LogP contribution is -2.20. The highest BCUT2D eigenvalue weighted by atomic mass is 79.9. The number of aromatic nitrogens is 2. The van der Waals surface area contributed by atoms with Gasteiger partial charge in [-0.25, -0.2) is 4.39 Å². The molecule has 0 spiro atoms. The highest BCUT2D eigenvalue weighted by Crippen LogP contribution is 2.33. The van der Waals surface area contributed by atoms with Crippen molar-refractivity contribution in [2.24, 2.45) is 0 Å². The third-order valence-electron chi connectivity index (χ3n) is 3.56. The minimum atomic E-state index is -4.84. The average molecular weight is 489 g/mol. The number of carbonyl (C=O) groups is 1. The standard InChI is InChI=1S/C18H10BrF4N3O4/c19-13-5-6-14(29-11-1-3-12(4-2-11)30-18(21,22)23)15(16(13)20)17(27)25-10-7-8-26(28)24-9-10/h1-9H,(H-,24,25,27,28)/p+1. The van der Waals surface area contributed by atoms with E-state index < -0.39 is 29.4 Å². The Bertz CT molecular complexity index is 1110. The molecule has 2 N–H and O–H groups in total. The molecule has 156 valence electrons. The molecule has 0 radical (unpaired) electrons. The van der Waals surface area contributed by atoms with Crippen molar-refractivity contribution in [3.63, 3.8) is 0 Å². The van der Waals surface area contributed by atoms with Crippen molar-refractivity contribution in [2.45, 2.75) is 6.36 Å². The smallest absolute Gasteiger partial charge is 0.456 e. The molecule has 7 nitrogen and oxygen atoms in total. The van der Waals surface area contributed by atoms with E-state index in [1.807, 2.05) is 0 Å². The normalized spacial score (nSPS) is 11.1. The number of ether oxygens (including phenoxy) is 2. The number of aromatic amines is 1. The predicted molar refractivity (Wildman–Crippen MR) is 99.4 cm³/mol. The van der Waals surface area contributed by atoms with Crippen LogP contribution < -0.4 is 19.3 Å². The van der Waals surface area contributed by atoms with Gasteiger partial charge in [-0.05, 0) is 52.3 Å². The number of H-pyrrole nitrogens is 1. The van der Waals surface area contributed by atoms with Crippen molar-refractivity contribution < 1.29 is 36.4 Å². The maximum absolute atomic E-state index is 14.6. The van der Waals surface area contributed by atoms with Gasteiger partial charge in [0, 0.05) is 6.07 Å². The predicted octanol–water partition coefficient (Wildman–Crippen LogP) is 4.77. The third-order valence-corrected chi connectivity index (χ3v) is 4.18. The van der Waals surface area contributed by atoms with E-state index in [4.69, 9.17) is 4.74 Å². The fourth-order valence-electron chi connectivity index (χ4n) is 2.31. The number of alkyl halides is 3. The monoisotopic (exact) mass is 488 g/mol. The minimum absolute atomic E-state index is 0.00838. The molecule has 12 heteroatoms. The van der Waals surface area contributed by atoms with E-state index in [9.17, 15) is 27.3 Å². The zero-order valence-corrected chi connectivity index (χ0v) is 16.3. The van der Waals surface area contributed by atoms with Crippen molar-refractivity contribution in [3.8, 4) is 17.2 Å². The summed E-state index contributed by atoms with van der Waals surface area (Å²) in [4.78, 5) is 23.6. The fourth-order valence-corrected chi connectivity index (χ4v) is 2.64. The van der Waals surface area contributed by atoms with Crippen molar-refractivity contribution in [1.29, 1.82) is 0 Å². The average Bonchev–Trinajstić information content (AvgIpc) is 2.67. The molecular weight excluding hydrogens is 478 g/mol. The first-order valence-electron chi connectivity index (χ1n) is 8.06. The zero-order chi connectivity index (χ0) is 21.9. The summed E-state index contributed by atoms with van der Waals surface area (Å²) in [5.74, 6) is -2.40. The first kappa shape index (κ1) is 21.3. The molecule has 0 unspecified atom stereocenters. The van der Waals surface area contributed by atoms with E-state index in [1.54, 1.807) is 0 Å². The van der Waals surface area contributed by atoms with E-state index in [-0.39, 0.29) is 21.7 Å². The largest absolute Gasteiger partial charge is 0.573 e. The van der Waals surface area contributed by atoms with Crippen LogP contribution in [-0.4, -0.2) is 17.4 Å². The van der Waals surface area contributed by atoms with Gasteiger partial charge in [0.15, 0.2) is 10.4 Å². The van der Waals surface area contributed by atoms with Gasteiger partial charge in [-0.1, -0.05) is 0 Å². The number of hydrogen-bond acceptors (Lipinski definition) is 4. The summed E-state index contributed by atoms with van der Waals surface area (Å²) in [6.07, 6.45) is -2.56. The van der Waals surface area contributed by atoms with E-state index in [0.29, 0.717) is 4.54 Å². The second-order valence-electron chi connectivity index (χ2n) is 5.68. The number of benzene rings is 2. The molecule has 30 heavy (non-hydrogen) atoms. The van der Waals surface area contributed by atoms with Gasteiger partial charge >= 0.3 is 6.36 Å². The fraction of sp³-hybridized carbons (Fsp3) is 0.0556. The van der Waals surface area contributed by atoms with Crippen LogP contribution in [0.5, 0.6) is 17.2 Å². The van der Waals surface area contributed by atoms with Gasteiger partial charge in [0.2, 0.25) is 0 Å². The molecule has 0 fully saturated rings. The van der Waals surface area contributed by atoms with Crippen LogP contribution in [0.25, 0.3) is 0 Å². The Labute approximate surface area is 174 Å². The van der Waals surface area contributed by atoms with Crippen LogP contribution in [0.15, 0.2) is 59.3 Å². The SMILES string of the molecule is O=C(Nc1cc[n+](=O)[nH]c1)c1c(Oc2ccc(OC(F)(F)F)cc2)ccc(Br)c1F. The summed E-state index contributed by atoms with van der Waals surface area (Å²) in [7, 11) is 0. The molecule has 1 heterocycles. The summed E-state index contributed by atoms with van der Waals surface area (Å²) in [5.41, 5.74) is -0.273. The van der Waals surface area contributed by atoms with E-state index in [0.717, 1.165) is 18.3 Å². The van der Waals surface area contributed by atoms with Crippen molar-refractivity contribution in [3.05, 3.63) is 75.6 Å². The van der Waals surface area contributed by atoms with Crippen LogP contribution in [0.3, 0.4) is 0 Å². The molecule has 0 bridgehead atoms. The molecule has 1 aromatic heterocycles. The Morgan fingerprint density at radius 2 is 1.73 bits per heavy atom. The highest BCUT2D eigenvalue weighted by molar-refractivity contribution is 9.10. The lowest BCUT2D eigenvalue weighted by Gasteiger charge is -2.14. The summed E-state index contributed by atoms with van der Waals surface area (Å²) >= 11 is 2.98.